The Hall–Kier alpha value is -3.81. The molecule has 3 aromatic rings. The van der Waals surface area contributed by atoms with Gasteiger partial charge in [-0.2, -0.15) is 0 Å². The van der Waals surface area contributed by atoms with Gasteiger partial charge in [0.2, 0.25) is 6.10 Å². The molecule has 0 unspecified atom stereocenters. The number of furan rings is 1. The summed E-state index contributed by atoms with van der Waals surface area (Å²) in [6.45, 7) is 2.03. The Morgan fingerprint density at radius 1 is 1.06 bits per heavy atom. The summed E-state index contributed by atoms with van der Waals surface area (Å²) in [5, 5.41) is 3.19. The minimum atomic E-state index is -0.964. The Balaban J connectivity index is 1.47. The number of aryl methyl sites for hydroxylation is 1. The van der Waals surface area contributed by atoms with Gasteiger partial charge < -0.3 is 24.1 Å². The van der Waals surface area contributed by atoms with Crippen LogP contribution in [0.25, 0.3) is 0 Å². The molecule has 8 heteroatoms. The number of fused-ring (bicyclic) bond motifs is 1. The largest absolute Gasteiger partial charge is 0.485 e. The van der Waals surface area contributed by atoms with Gasteiger partial charge in [0.05, 0.1) is 0 Å². The number of ether oxygens (including phenoxy) is 2. The zero-order chi connectivity index (χ0) is 24.9. The molecule has 2 amide bonds. The number of hydrogen-bond donors (Lipinski definition) is 1. The lowest BCUT2D eigenvalue weighted by Gasteiger charge is -2.35. The number of carbonyl (C=O) groups is 2. The highest BCUT2D eigenvalue weighted by Gasteiger charge is 2.40. The molecule has 1 saturated carbocycles. The lowest BCUT2D eigenvalue weighted by molar-refractivity contribution is -0.150. The molecule has 0 bridgehead atoms. The second-order valence-corrected chi connectivity index (χ2v) is 9.39. The number of amides is 2. The van der Waals surface area contributed by atoms with Gasteiger partial charge in [-0.1, -0.05) is 37.5 Å². The summed E-state index contributed by atoms with van der Waals surface area (Å²) in [7, 11) is 0. The lowest BCUT2D eigenvalue weighted by Crippen LogP contribution is -2.52. The second kappa shape index (κ2) is 10.8. The lowest BCUT2D eigenvalue weighted by atomic mass is 9.95. The first-order chi connectivity index (χ1) is 17.6. The fourth-order valence-corrected chi connectivity index (χ4v) is 4.86. The second-order valence-electron chi connectivity index (χ2n) is 9.39. The third-order valence-corrected chi connectivity index (χ3v) is 6.69. The molecule has 1 aliphatic carbocycles. The van der Waals surface area contributed by atoms with Crippen molar-refractivity contribution in [2.75, 3.05) is 6.61 Å². The molecule has 1 fully saturated rings. The predicted molar refractivity (Wildman–Crippen MR) is 132 cm³/mol. The summed E-state index contributed by atoms with van der Waals surface area (Å²) in [4.78, 5) is 33.5. The number of para-hydroxylation sites is 2. The van der Waals surface area contributed by atoms with E-state index < -0.39 is 12.1 Å². The molecule has 3 heterocycles. The highest BCUT2D eigenvalue weighted by Crippen LogP contribution is 2.33. The highest BCUT2D eigenvalue weighted by atomic mass is 16.6. The Kier molecular flexibility index (Phi) is 7.21. The minimum absolute atomic E-state index is 0.0491. The first-order valence-electron chi connectivity index (χ1n) is 12.5. The van der Waals surface area contributed by atoms with Gasteiger partial charge >= 0.3 is 0 Å². The Morgan fingerprint density at radius 3 is 2.58 bits per heavy atom. The molecular formula is C28H31N3O5. The first-order valence-corrected chi connectivity index (χ1v) is 12.5. The van der Waals surface area contributed by atoms with E-state index in [4.69, 9.17) is 13.9 Å². The van der Waals surface area contributed by atoms with Crippen molar-refractivity contribution in [1.29, 1.82) is 0 Å². The summed E-state index contributed by atoms with van der Waals surface area (Å²) in [6.07, 6.45) is 7.67. The van der Waals surface area contributed by atoms with Gasteiger partial charge in [0.25, 0.3) is 11.8 Å². The molecule has 1 N–H and O–H groups in total. The van der Waals surface area contributed by atoms with Gasteiger partial charge in [-0.15, -0.1) is 0 Å². The van der Waals surface area contributed by atoms with Crippen molar-refractivity contribution in [3.05, 3.63) is 78.0 Å². The van der Waals surface area contributed by atoms with E-state index in [0.29, 0.717) is 23.0 Å². The van der Waals surface area contributed by atoms with Crippen LogP contribution in [0.4, 0.5) is 0 Å². The van der Waals surface area contributed by atoms with E-state index in [-0.39, 0.29) is 31.0 Å². The number of benzene rings is 1. The number of nitrogens with zero attached hydrogens (tertiary/aromatic N) is 2. The average molecular weight is 490 g/mol. The summed E-state index contributed by atoms with van der Waals surface area (Å²) in [5.74, 6) is 1.56. The standard InChI is InChI=1S/C28H31N3O5/c1-19-13-14-24(35-19)26(27(32)30-21-9-3-2-4-10-21)31(17-20-8-7-15-29-16-20)28(33)25-18-34-22-11-5-6-12-23(22)36-25/h5-8,11-16,21,25-26H,2-4,9-10,17-18H2,1H3,(H,30,32)/t25-,26-/m1/s1. The Morgan fingerprint density at radius 2 is 1.86 bits per heavy atom. The van der Waals surface area contributed by atoms with Gasteiger partial charge in [0, 0.05) is 25.0 Å². The van der Waals surface area contributed by atoms with Gasteiger partial charge in [0.1, 0.15) is 18.1 Å². The van der Waals surface area contributed by atoms with Crippen molar-refractivity contribution in [1.82, 2.24) is 15.2 Å². The van der Waals surface area contributed by atoms with Crippen LogP contribution in [0.15, 0.2) is 65.3 Å². The summed E-state index contributed by atoms with van der Waals surface area (Å²) in [6, 6.07) is 13.6. The molecule has 1 aliphatic heterocycles. The molecule has 2 atom stereocenters. The van der Waals surface area contributed by atoms with Crippen LogP contribution in [-0.4, -0.2) is 40.5 Å². The molecule has 188 valence electrons. The van der Waals surface area contributed by atoms with E-state index in [1.807, 2.05) is 31.2 Å². The minimum Gasteiger partial charge on any atom is -0.485 e. The monoisotopic (exact) mass is 489 g/mol. The van der Waals surface area contributed by atoms with E-state index in [1.165, 1.54) is 11.3 Å². The maximum Gasteiger partial charge on any atom is 0.268 e. The van der Waals surface area contributed by atoms with E-state index >= 15 is 0 Å². The fourth-order valence-electron chi connectivity index (χ4n) is 4.86. The number of rotatable bonds is 7. The van der Waals surface area contributed by atoms with Gasteiger partial charge in [-0.05, 0) is 55.7 Å². The molecule has 36 heavy (non-hydrogen) atoms. The fraction of sp³-hybridized carbons (Fsp3) is 0.393. The molecule has 1 aromatic carbocycles. The van der Waals surface area contributed by atoms with Crippen LogP contribution in [0.3, 0.4) is 0 Å². The SMILES string of the molecule is Cc1ccc([C@H](C(=O)NC2CCCCC2)N(Cc2cccnc2)C(=O)[C@H]2COc3ccccc3O2)o1. The van der Waals surface area contributed by atoms with Crippen LogP contribution < -0.4 is 14.8 Å². The van der Waals surface area contributed by atoms with Crippen molar-refractivity contribution >= 4 is 11.8 Å². The summed E-state index contributed by atoms with van der Waals surface area (Å²) < 4.78 is 17.8. The van der Waals surface area contributed by atoms with Gasteiger partial charge in [-0.3, -0.25) is 14.6 Å². The number of carbonyl (C=O) groups excluding carboxylic acids is 2. The number of pyridine rings is 1. The normalized spacial score (nSPS) is 18.3. The maximum absolute atomic E-state index is 14.0. The van der Waals surface area contributed by atoms with Gasteiger partial charge in [-0.25, -0.2) is 0 Å². The van der Waals surface area contributed by atoms with Crippen LogP contribution in [0.2, 0.25) is 0 Å². The van der Waals surface area contributed by atoms with E-state index in [0.717, 1.165) is 31.2 Å². The van der Waals surface area contributed by atoms with Crippen LogP contribution in [0.5, 0.6) is 11.5 Å². The molecule has 2 aliphatic rings. The summed E-state index contributed by atoms with van der Waals surface area (Å²) in [5.41, 5.74) is 0.793. The maximum atomic E-state index is 14.0. The molecule has 5 rings (SSSR count). The number of aromatic nitrogens is 1. The van der Waals surface area contributed by atoms with Gasteiger partial charge in [0.15, 0.2) is 17.5 Å². The van der Waals surface area contributed by atoms with Crippen molar-refractivity contribution in [3.63, 3.8) is 0 Å². The van der Waals surface area contributed by atoms with Crippen molar-refractivity contribution in [2.24, 2.45) is 0 Å². The van der Waals surface area contributed by atoms with Crippen molar-refractivity contribution < 1.29 is 23.5 Å². The molecular weight excluding hydrogens is 458 g/mol. The van der Waals surface area contributed by atoms with Crippen molar-refractivity contribution in [3.8, 4) is 11.5 Å². The molecule has 8 nitrogen and oxygen atoms in total. The molecule has 0 radical (unpaired) electrons. The predicted octanol–water partition coefficient (Wildman–Crippen LogP) is 4.34. The quantitative estimate of drug-likeness (QED) is 0.531. The van der Waals surface area contributed by atoms with Crippen LogP contribution in [0, 0.1) is 6.92 Å². The van der Waals surface area contributed by atoms with Crippen molar-refractivity contribution in [2.45, 2.75) is 63.8 Å². The van der Waals surface area contributed by atoms with E-state index in [2.05, 4.69) is 10.3 Å². The third kappa shape index (κ3) is 5.37. The average Bonchev–Trinajstić information content (AvgIpc) is 3.34. The third-order valence-electron chi connectivity index (χ3n) is 6.69. The van der Waals surface area contributed by atoms with E-state index in [1.54, 1.807) is 36.7 Å². The number of hydrogen-bond acceptors (Lipinski definition) is 6. The van der Waals surface area contributed by atoms with Crippen LogP contribution in [-0.2, 0) is 16.1 Å². The zero-order valence-corrected chi connectivity index (χ0v) is 20.4. The topological polar surface area (TPSA) is 93.9 Å². The highest BCUT2D eigenvalue weighted by molar-refractivity contribution is 5.90. The van der Waals surface area contributed by atoms with E-state index in [9.17, 15) is 9.59 Å². The Labute approximate surface area is 210 Å². The smallest absolute Gasteiger partial charge is 0.268 e. The molecule has 0 saturated heterocycles. The zero-order valence-electron chi connectivity index (χ0n) is 20.4. The van der Waals surface area contributed by atoms with Crippen LogP contribution in [0.1, 0.15) is 55.2 Å². The number of nitrogens with one attached hydrogen (secondary N) is 1. The Bertz CT molecular complexity index is 1190. The first kappa shape index (κ1) is 23.9. The molecule has 0 spiro atoms. The summed E-state index contributed by atoms with van der Waals surface area (Å²) >= 11 is 0. The van der Waals surface area contributed by atoms with Crippen LogP contribution >= 0.6 is 0 Å². The molecule has 2 aromatic heterocycles.